The third kappa shape index (κ3) is 1.75. The number of furan rings is 1. The highest BCUT2D eigenvalue weighted by molar-refractivity contribution is 9.10. The molecule has 0 aliphatic heterocycles. The molecule has 0 saturated carbocycles. The van der Waals surface area contributed by atoms with E-state index in [4.69, 9.17) is 9.15 Å². The molecule has 0 amide bonds. The second-order valence-corrected chi connectivity index (χ2v) is 4.05. The summed E-state index contributed by atoms with van der Waals surface area (Å²) in [6.07, 6.45) is 1.68. The molecule has 0 aliphatic rings. The molecule has 1 aromatic heterocycles. The van der Waals surface area contributed by atoms with Crippen molar-refractivity contribution < 1.29 is 9.15 Å². The number of ether oxygens (including phenoxy) is 1. The van der Waals surface area contributed by atoms with E-state index in [-0.39, 0.29) is 0 Å². The first-order chi connectivity index (χ1) is 7.27. The topological polar surface area (TPSA) is 34.4 Å². The Labute approximate surface area is 96.5 Å². The van der Waals surface area contributed by atoms with Gasteiger partial charge in [0.25, 0.3) is 0 Å². The van der Waals surface area contributed by atoms with E-state index in [9.17, 15) is 0 Å². The number of halogens is 1. The minimum absolute atomic E-state index is 0.767. The number of nitrogens with one attached hydrogen (secondary N) is 1. The fraction of sp³-hybridized carbons (Fsp3) is 0.273. The summed E-state index contributed by atoms with van der Waals surface area (Å²) in [5.74, 6) is 0.826. The average molecular weight is 270 g/mol. The van der Waals surface area contributed by atoms with Crippen molar-refractivity contribution in [2.75, 3.05) is 14.2 Å². The molecule has 0 spiro atoms. The normalized spacial score (nSPS) is 10.9. The first-order valence-corrected chi connectivity index (χ1v) is 5.44. The summed E-state index contributed by atoms with van der Waals surface area (Å²) >= 11 is 3.50. The van der Waals surface area contributed by atoms with Gasteiger partial charge in [0.2, 0.25) is 0 Å². The minimum atomic E-state index is 0.767. The highest BCUT2D eigenvalue weighted by Gasteiger charge is 2.13. The van der Waals surface area contributed by atoms with Gasteiger partial charge in [-0.15, -0.1) is 0 Å². The Hall–Kier alpha value is -1.00. The van der Waals surface area contributed by atoms with Gasteiger partial charge in [0.05, 0.1) is 13.4 Å². The molecule has 0 atom stereocenters. The number of methoxy groups -OCH3 is 1. The van der Waals surface area contributed by atoms with Crippen molar-refractivity contribution in [1.82, 2.24) is 5.32 Å². The van der Waals surface area contributed by atoms with Gasteiger partial charge in [-0.25, -0.2) is 0 Å². The quantitative estimate of drug-likeness (QED) is 0.931. The lowest BCUT2D eigenvalue weighted by Crippen LogP contribution is -2.06. The first-order valence-electron chi connectivity index (χ1n) is 4.65. The third-order valence-electron chi connectivity index (χ3n) is 2.29. The third-order valence-corrected chi connectivity index (χ3v) is 3.01. The molecule has 80 valence electrons. The van der Waals surface area contributed by atoms with Crippen LogP contribution in [0.1, 0.15) is 5.56 Å². The summed E-state index contributed by atoms with van der Waals surface area (Å²) in [6.45, 7) is 0.767. The van der Waals surface area contributed by atoms with Crippen LogP contribution in [0, 0.1) is 0 Å². The summed E-state index contributed by atoms with van der Waals surface area (Å²) in [7, 11) is 3.57. The van der Waals surface area contributed by atoms with E-state index in [1.807, 2.05) is 13.1 Å². The number of fused-ring (bicyclic) bond motifs is 1. The lowest BCUT2D eigenvalue weighted by Gasteiger charge is -2.10. The van der Waals surface area contributed by atoms with E-state index in [0.717, 1.165) is 33.3 Å². The molecule has 0 saturated heterocycles. The zero-order valence-corrected chi connectivity index (χ0v) is 10.2. The molecule has 0 unspecified atom stereocenters. The summed E-state index contributed by atoms with van der Waals surface area (Å²) < 4.78 is 11.6. The number of benzene rings is 1. The fourth-order valence-electron chi connectivity index (χ4n) is 1.65. The number of hydrogen-bond acceptors (Lipinski definition) is 3. The Morgan fingerprint density at radius 1 is 1.53 bits per heavy atom. The summed E-state index contributed by atoms with van der Waals surface area (Å²) in [6, 6.07) is 4.01. The zero-order valence-electron chi connectivity index (χ0n) is 8.63. The van der Waals surface area contributed by atoms with E-state index in [2.05, 4.69) is 27.3 Å². The maximum absolute atomic E-state index is 5.38. The second-order valence-electron chi connectivity index (χ2n) is 3.25. The van der Waals surface area contributed by atoms with Crippen LogP contribution in [0.4, 0.5) is 0 Å². The van der Waals surface area contributed by atoms with Crippen molar-refractivity contribution >= 4 is 26.9 Å². The van der Waals surface area contributed by atoms with Crippen LogP contribution in [-0.2, 0) is 6.54 Å². The Morgan fingerprint density at radius 3 is 3.00 bits per heavy atom. The number of rotatable bonds is 3. The minimum Gasteiger partial charge on any atom is -0.495 e. The Kier molecular flexibility index (Phi) is 2.98. The van der Waals surface area contributed by atoms with E-state index in [0.29, 0.717) is 0 Å². The van der Waals surface area contributed by atoms with Gasteiger partial charge in [-0.3, -0.25) is 0 Å². The van der Waals surface area contributed by atoms with Crippen molar-refractivity contribution in [3.63, 3.8) is 0 Å². The highest BCUT2D eigenvalue weighted by atomic mass is 79.9. The zero-order chi connectivity index (χ0) is 10.8. The molecule has 0 aliphatic carbocycles. The Bertz CT molecular complexity index is 479. The standard InChI is InChI=1S/C11H12BrNO2/c1-13-6-8-5-7-3-4-15-11(7)9(12)10(8)14-2/h3-5,13H,6H2,1-2H3. The smallest absolute Gasteiger partial charge is 0.151 e. The number of hydrogen-bond donors (Lipinski definition) is 1. The Morgan fingerprint density at radius 2 is 2.33 bits per heavy atom. The van der Waals surface area contributed by atoms with Crippen LogP contribution in [0.25, 0.3) is 11.0 Å². The van der Waals surface area contributed by atoms with Gasteiger partial charge in [0.15, 0.2) is 5.58 Å². The lowest BCUT2D eigenvalue weighted by molar-refractivity contribution is 0.405. The molecule has 0 bridgehead atoms. The SMILES string of the molecule is CNCc1cc2ccoc2c(Br)c1OC. The fourth-order valence-corrected chi connectivity index (χ4v) is 2.39. The van der Waals surface area contributed by atoms with Crippen LogP contribution >= 0.6 is 15.9 Å². The monoisotopic (exact) mass is 269 g/mol. The van der Waals surface area contributed by atoms with Gasteiger partial charge in [-0.2, -0.15) is 0 Å². The molecule has 0 fully saturated rings. The van der Waals surface area contributed by atoms with Crippen molar-refractivity contribution in [1.29, 1.82) is 0 Å². The van der Waals surface area contributed by atoms with Crippen LogP contribution < -0.4 is 10.1 Å². The predicted molar refractivity (Wildman–Crippen MR) is 63.2 cm³/mol. The highest BCUT2D eigenvalue weighted by Crippen LogP contribution is 2.36. The molecule has 2 aromatic rings. The summed E-state index contributed by atoms with van der Waals surface area (Å²) in [4.78, 5) is 0. The summed E-state index contributed by atoms with van der Waals surface area (Å²) in [5.41, 5.74) is 1.94. The van der Waals surface area contributed by atoms with Gasteiger partial charge in [0.1, 0.15) is 10.2 Å². The Balaban J connectivity index is 2.67. The maximum Gasteiger partial charge on any atom is 0.151 e. The van der Waals surface area contributed by atoms with Crippen LogP contribution in [0.5, 0.6) is 5.75 Å². The molecular weight excluding hydrogens is 258 g/mol. The lowest BCUT2D eigenvalue weighted by atomic mass is 10.1. The molecule has 1 heterocycles. The van der Waals surface area contributed by atoms with Gasteiger partial charge >= 0.3 is 0 Å². The first kappa shape index (κ1) is 10.5. The molecule has 4 heteroatoms. The maximum atomic E-state index is 5.38. The molecule has 1 N–H and O–H groups in total. The van der Waals surface area contributed by atoms with Crippen LogP contribution in [-0.4, -0.2) is 14.2 Å². The molecule has 15 heavy (non-hydrogen) atoms. The molecular formula is C11H12BrNO2. The van der Waals surface area contributed by atoms with Gasteiger partial charge in [-0.1, -0.05) is 0 Å². The molecule has 2 rings (SSSR count). The van der Waals surface area contributed by atoms with Crippen molar-refractivity contribution in [2.45, 2.75) is 6.54 Å². The van der Waals surface area contributed by atoms with E-state index >= 15 is 0 Å². The van der Waals surface area contributed by atoms with Crippen molar-refractivity contribution in [3.8, 4) is 5.75 Å². The van der Waals surface area contributed by atoms with Gasteiger partial charge < -0.3 is 14.5 Å². The second kappa shape index (κ2) is 4.24. The van der Waals surface area contributed by atoms with Crippen LogP contribution in [0.2, 0.25) is 0 Å². The predicted octanol–water partition coefficient (Wildman–Crippen LogP) is 2.92. The van der Waals surface area contributed by atoms with E-state index in [1.165, 1.54) is 0 Å². The molecule has 1 aromatic carbocycles. The molecule has 0 radical (unpaired) electrons. The van der Waals surface area contributed by atoms with Gasteiger partial charge in [-0.05, 0) is 35.1 Å². The van der Waals surface area contributed by atoms with Gasteiger partial charge in [0, 0.05) is 17.5 Å². The van der Waals surface area contributed by atoms with Crippen molar-refractivity contribution in [3.05, 3.63) is 28.4 Å². The van der Waals surface area contributed by atoms with E-state index < -0.39 is 0 Å². The van der Waals surface area contributed by atoms with Crippen LogP contribution in [0.15, 0.2) is 27.3 Å². The van der Waals surface area contributed by atoms with E-state index in [1.54, 1.807) is 13.4 Å². The largest absolute Gasteiger partial charge is 0.495 e. The van der Waals surface area contributed by atoms with Crippen molar-refractivity contribution in [2.24, 2.45) is 0 Å². The van der Waals surface area contributed by atoms with Crippen LogP contribution in [0.3, 0.4) is 0 Å². The average Bonchev–Trinajstić information content (AvgIpc) is 2.67. The molecule has 3 nitrogen and oxygen atoms in total. The summed E-state index contributed by atoms with van der Waals surface area (Å²) in [5, 5.41) is 4.19.